The van der Waals surface area contributed by atoms with Gasteiger partial charge in [0, 0.05) is 20.6 Å². The average molecular weight is 823 g/mol. The number of nitrogens with two attached hydrogens (primary N) is 1. The lowest BCUT2D eigenvalue weighted by atomic mass is 9.75. The van der Waals surface area contributed by atoms with Gasteiger partial charge in [-0.15, -0.1) is 0 Å². The molecule has 5 N–H and O–H groups in total. The summed E-state index contributed by atoms with van der Waals surface area (Å²) in [5, 5.41) is 0. The molecule has 2 aliphatic rings. The minimum Gasteiger partial charge on any atom is -0.497 e. The van der Waals surface area contributed by atoms with E-state index in [0.717, 1.165) is 27.8 Å². The molecule has 0 saturated carbocycles. The van der Waals surface area contributed by atoms with Crippen molar-refractivity contribution in [3.63, 3.8) is 0 Å². The summed E-state index contributed by atoms with van der Waals surface area (Å²) in [6.45, 7) is 0.156. The summed E-state index contributed by atoms with van der Waals surface area (Å²) >= 11 is 0. The van der Waals surface area contributed by atoms with E-state index in [4.69, 9.17) is 38.5 Å². The van der Waals surface area contributed by atoms with E-state index in [1.807, 2.05) is 97.1 Å². The number of aromatic amines is 1. The molecular formula is C41H44BN6O10P. The number of H-pyrrole nitrogens is 1. The van der Waals surface area contributed by atoms with Crippen molar-refractivity contribution in [2.45, 2.75) is 43.3 Å². The highest BCUT2D eigenvalue weighted by Gasteiger charge is 2.56. The molecule has 4 aromatic carbocycles. The third-order valence-electron chi connectivity index (χ3n) is 10.6. The second kappa shape index (κ2) is 17.2. The van der Waals surface area contributed by atoms with E-state index in [1.165, 1.54) is 6.33 Å². The Kier molecular flexibility index (Phi) is 11.8. The highest BCUT2D eigenvalue weighted by Crippen LogP contribution is 2.43. The lowest BCUT2D eigenvalue weighted by molar-refractivity contribution is -0.0543. The predicted octanol–water partition coefficient (Wildman–Crippen LogP) is 3.48. The van der Waals surface area contributed by atoms with Crippen LogP contribution in [-0.4, -0.2) is 89.7 Å². The van der Waals surface area contributed by atoms with Crippen molar-refractivity contribution in [3.8, 4) is 11.5 Å². The number of imidazole rings is 1. The van der Waals surface area contributed by atoms with Gasteiger partial charge in [-0.25, -0.2) is 4.98 Å². The van der Waals surface area contributed by atoms with E-state index in [0.29, 0.717) is 22.9 Å². The van der Waals surface area contributed by atoms with Crippen LogP contribution in [-0.2, 0) is 42.1 Å². The van der Waals surface area contributed by atoms with Crippen LogP contribution in [0.5, 0.6) is 11.5 Å². The first-order valence-corrected chi connectivity index (χ1v) is 20.0. The zero-order valence-corrected chi connectivity index (χ0v) is 33.7. The van der Waals surface area contributed by atoms with Crippen molar-refractivity contribution in [2.75, 3.05) is 39.8 Å². The van der Waals surface area contributed by atoms with Crippen LogP contribution in [0.3, 0.4) is 0 Å². The van der Waals surface area contributed by atoms with Gasteiger partial charge in [-0.1, -0.05) is 72.8 Å². The number of hydrogen-bond donors (Lipinski definition) is 4. The number of fused-ring (bicyclic) bond motifs is 2. The first-order chi connectivity index (χ1) is 28.6. The van der Waals surface area contributed by atoms with Gasteiger partial charge in [0.25, 0.3) is 5.56 Å². The molecule has 2 fully saturated rings. The van der Waals surface area contributed by atoms with E-state index in [-0.39, 0.29) is 30.9 Å². The van der Waals surface area contributed by atoms with Crippen molar-refractivity contribution in [1.29, 1.82) is 0 Å². The molecule has 6 aromatic rings. The molecule has 2 saturated heterocycles. The molecule has 18 heteroatoms. The standard InChI is InChI=1S/C41H44BN6O10P/c1-47(2)40-45-37-34(38(49)46-40)44-24-48(37)39-36-35(33(56-39)23-55-59(50)51)57-42(58-36)32-20-25(10-11-26(32)21-43)22-54-41(27-8-6-5-7-9-27,28-12-16-30(52-3)17-13-28)29-14-18-31(53-4)19-15-29/h5-20,24,33,35-36,39,50-51H,21-23,43H2,1-4H3,(H,45,46,49)/t33-,35-,36-,39-/m1/s1. The fourth-order valence-electron chi connectivity index (χ4n) is 7.70. The fourth-order valence-corrected chi connectivity index (χ4v) is 7.98. The number of ether oxygens (including phenoxy) is 4. The lowest BCUT2D eigenvalue weighted by Gasteiger charge is -2.36. The summed E-state index contributed by atoms with van der Waals surface area (Å²) in [6, 6.07) is 31.6. The third-order valence-corrected chi connectivity index (χ3v) is 11.0. The molecule has 0 spiro atoms. The Morgan fingerprint density at radius 2 is 1.56 bits per heavy atom. The maximum absolute atomic E-state index is 13.0. The summed E-state index contributed by atoms with van der Waals surface area (Å²) in [5.41, 5.74) is 10.2. The van der Waals surface area contributed by atoms with Crippen LogP contribution in [0.25, 0.3) is 11.2 Å². The van der Waals surface area contributed by atoms with Gasteiger partial charge in [-0.3, -0.25) is 14.3 Å². The second-order valence-electron chi connectivity index (χ2n) is 14.3. The minimum atomic E-state index is -2.68. The van der Waals surface area contributed by atoms with Crippen LogP contribution in [0.15, 0.2) is 108 Å². The van der Waals surface area contributed by atoms with E-state index < -0.39 is 51.4 Å². The number of hydrogen-bond acceptors (Lipinski definition) is 14. The van der Waals surface area contributed by atoms with Crippen LogP contribution < -0.4 is 31.1 Å². The summed E-state index contributed by atoms with van der Waals surface area (Å²) in [6.07, 6.45) is -1.67. The number of benzene rings is 4. The van der Waals surface area contributed by atoms with Crippen molar-refractivity contribution in [2.24, 2.45) is 5.73 Å². The average Bonchev–Trinajstić information content (AvgIpc) is 3.98. The Labute approximate surface area is 341 Å². The van der Waals surface area contributed by atoms with Gasteiger partial charge in [0.05, 0.1) is 33.8 Å². The number of rotatable bonds is 15. The highest BCUT2D eigenvalue weighted by molar-refractivity contribution is 7.39. The van der Waals surface area contributed by atoms with Crippen molar-refractivity contribution >= 4 is 38.3 Å². The maximum atomic E-state index is 13.0. The van der Waals surface area contributed by atoms with E-state index in [1.54, 1.807) is 37.8 Å². The normalized spacial score (nSPS) is 19.1. The second-order valence-corrected chi connectivity index (χ2v) is 15.0. The monoisotopic (exact) mass is 822 g/mol. The fraction of sp³-hybridized carbons (Fsp3) is 0.293. The number of aromatic nitrogens is 4. The molecule has 4 heterocycles. The molecule has 8 rings (SSSR count). The Morgan fingerprint density at radius 1 is 0.915 bits per heavy atom. The lowest BCUT2D eigenvalue weighted by Crippen LogP contribution is -2.39. The topological polar surface area (TPSA) is 198 Å². The number of nitrogens with zero attached hydrogens (tertiary/aromatic N) is 4. The Bertz CT molecular complexity index is 2390. The summed E-state index contributed by atoms with van der Waals surface area (Å²) in [4.78, 5) is 45.6. The minimum absolute atomic E-state index is 0.120. The first-order valence-electron chi connectivity index (χ1n) is 18.8. The van der Waals surface area contributed by atoms with Gasteiger partial charge in [0.15, 0.2) is 17.4 Å². The van der Waals surface area contributed by atoms with Gasteiger partial charge in [-0.05, 0) is 57.5 Å². The predicted molar refractivity (Wildman–Crippen MR) is 220 cm³/mol. The zero-order chi connectivity index (χ0) is 41.3. The largest absolute Gasteiger partial charge is 0.497 e. The maximum Gasteiger partial charge on any atom is 0.495 e. The highest BCUT2D eigenvalue weighted by atomic mass is 31.2. The summed E-state index contributed by atoms with van der Waals surface area (Å²) in [5.74, 6) is 1.76. The smallest absolute Gasteiger partial charge is 0.495 e. The van der Waals surface area contributed by atoms with Crippen molar-refractivity contribution in [3.05, 3.63) is 142 Å². The van der Waals surface area contributed by atoms with Crippen molar-refractivity contribution < 1.29 is 42.6 Å². The zero-order valence-electron chi connectivity index (χ0n) is 32.8. The van der Waals surface area contributed by atoms with Crippen LogP contribution in [0.1, 0.15) is 34.0 Å². The van der Waals surface area contributed by atoms with Crippen LogP contribution in [0.4, 0.5) is 5.95 Å². The van der Waals surface area contributed by atoms with E-state index in [9.17, 15) is 14.6 Å². The SMILES string of the molecule is COc1ccc(C(OCc2ccc(CN)c(B3O[C@@H]4[C@H](O3)[C@@H](COP(O)O)O[C@H]4n3cnc4c(=O)[nH]c(N(C)C)nc43)c2)(c2ccccc2)c2ccc(OC)cc2)cc1. The molecule has 0 unspecified atom stereocenters. The quantitative estimate of drug-likeness (QED) is 0.0668. The molecule has 4 atom stereocenters. The summed E-state index contributed by atoms with van der Waals surface area (Å²) < 4.78 is 44.7. The molecule has 16 nitrogen and oxygen atoms in total. The molecule has 0 amide bonds. The van der Waals surface area contributed by atoms with Gasteiger partial charge in [0.2, 0.25) is 5.95 Å². The third kappa shape index (κ3) is 7.85. The molecule has 306 valence electrons. The molecular weight excluding hydrogens is 778 g/mol. The van der Waals surface area contributed by atoms with Crippen LogP contribution >= 0.6 is 8.60 Å². The molecule has 0 radical (unpaired) electrons. The van der Waals surface area contributed by atoms with Crippen LogP contribution in [0.2, 0.25) is 0 Å². The molecule has 2 aromatic heterocycles. The van der Waals surface area contributed by atoms with Gasteiger partial charge in [-0.2, -0.15) is 4.98 Å². The summed E-state index contributed by atoms with van der Waals surface area (Å²) in [7, 11) is 3.20. The molecule has 59 heavy (non-hydrogen) atoms. The van der Waals surface area contributed by atoms with Crippen LogP contribution in [0, 0.1) is 0 Å². The van der Waals surface area contributed by atoms with E-state index in [2.05, 4.69) is 15.0 Å². The Morgan fingerprint density at radius 3 is 2.17 bits per heavy atom. The van der Waals surface area contributed by atoms with Gasteiger partial charge >= 0.3 is 15.7 Å². The van der Waals surface area contributed by atoms with E-state index >= 15 is 0 Å². The Balaban J connectivity index is 1.15. The molecule has 2 aliphatic heterocycles. The van der Waals surface area contributed by atoms with Gasteiger partial charge in [0.1, 0.15) is 35.4 Å². The Hall–Kier alpha value is -5.20. The molecule has 0 aliphatic carbocycles. The molecule has 0 bridgehead atoms. The number of nitrogens with one attached hydrogen (secondary N) is 1. The van der Waals surface area contributed by atoms with Gasteiger partial charge < -0.3 is 53.2 Å². The number of methoxy groups -OCH3 is 2. The number of anilines is 1. The van der Waals surface area contributed by atoms with Crippen molar-refractivity contribution in [1.82, 2.24) is 19.5 Å². The first kappa shape index (κ1) is 40.6.